The Labute approximate surface area is 157 Å². The van der Waals surface area contributed by atoms with Crippen LogP contribution >= 0.6 is 0 Å². The predicted octanol–water partition coefficient (Wildman–Crippen LogP) is 4.26. The van der Waals surface area contributed by atoms with Gasteiger partial charge in [-0.05, 0) is 12.8 Å². The third-order valence-electron chi connectivity index (χ3n) is 4.95. The molecule has 1 amide bonds. The first kappa shape index (κ1) is 24.4. The van der Waals surface area contributed by atoms with Crippen molar-refractivity contribution in [1.82, 2.24) is 5.32 Å². The summed E-state index contributed by atoms with van der Waals surface area (Å²) in [5.41, 5.74) is 0. The minimum atomic E-state index is -0.226. The summed E-state index contributed by atoms with van der Waals surface area (Å²) in [5.74, 6) is 0.196. The highest BCUT2D eigenvalue weighted by atomic mass is 16.3. The zero-order chi connectivity index (χ0) is 19.0. The van der Waals surface area contributed by atoms with Gasteiger partial charge in [-0.3, -0.25) is 4.79 Å². The minimum absolute atomic E-state index is 0.196. The first-order valence-corrected chi connectivity index (χ1v) is 10.7. The molecule has 2 N–H and O–H groups in total. The van der Waals surface area contributed by atoms with Crippen LogP contribution in [0.1, 0.15) is 90.9 Å². The average molecular weight is 358 g/mol. The highest BCUT2D eigenvalue weighted by molar-refractivity contribution is 5.75. The van der Waals surface area contributed by atoms with E-state index in [4.69, 9.17) is 0 Å². The van der Waals surface area contributed by atoms with Gasteiger partial charge in [-0.25, -0.2) is 0 Å². The van der Waals surface area contributed by atoms with Crippen LogP contribution in [0.4, 0.5) is 0 Å². The molecule has 0 radical (unpaired) electrons. The van der Waals surface area contributed by atoms with E-state index in [2.05, 4.69) is 26.3 Å². The molecule has 0 spiro atoms. The number of rotatable bonds is 17. The number of hydrogen-bond acceptors (Lipinski definition) is 2. The summed E-state index contributed by atoms with van der Waals surface area (Å²) in [5, 5.41) is 12.8. The van der Waals surface area contributed by atoms with Crippen molar-refractivity contribution in [1.29, 1.82) is 0 Å². The molecule has 0 aromatic heterocycles. The maximum absolute atomic E-state index is 11.8. The fourth-order valence-electron chi connectivity index (χ4n) is 3.21. The van der Waals surface area contributed by atoms with Crippen molar-refractivity contribution in [2.24, 2.45) is 0 Å². The van der Waals surface area contributed by atoms with Crippen molar-refractivity contribution in [2.45, 2.75) is 97.0 Å². The third kappa shape index (κ3) is 16.6. The van der Waals surface area contributed by atoms with Gasteiger partial charge in [-0.15, -0.1) is 0 Å². The molecule has 1 unspecified atom stereocenters. The summed E-state index contributed by atoms with van der Waals surface area (Å²) in [6.45, 7) is 6.78. The Balaban J connectivity index is 3.47. The van der Waals surface area contributed by atoms with E-state index in [9.17, 15) is 9.90 Å². The highest BCUT2D eigenvalue weighted by Crippen LogP contribution is 2.10. The molecular weight excluding hydrogens is 312 g/mol. The molecule has 0 bridgehead atoms. The molecule has 25 heavy (non-hydrogen) atoms. The van der Waals surface area contributed by atoms with Crippen LogP contribution in [0.15, 0.2) is 0 Å². The summed E-state index contributed by atoms with van der Waals surface area (Å²) in [6.07, 6.45) is 13.8. The van der Waals surface area contributed by atoms with Gasteiger partial charge in [0.05, 0.1) is 20.6 Å². The van der Waals surface area contributed by atoms with E-state index in [-0.39, 0.29) is 12.0 Å². The van der Waals surface area contributed by atoms with Crippen LogP contribution in [-0.4, -0.2) is 55.3 Å². The van der Waals surface area contributed by atoms with E-state index in [1.807, 2.05) is 6.92 Å². The molecule has 0 rings (SSSR count). The first-order valence-electron chi connectivity index (χ1n) is 10.7. The van der Waals surface area contributed by atoms with Crippen molar-refractivity contribution in [3.63, 3.8) is 0 Å². The lowest BCUT2D eigenvalue weighted by Crippen LogP contribution is -2.46. The summed E-state index contributed by atoms with van der Waals surface area (Å²) < 4.78 is 0.809. The molecule has 4 heteroatoms. The average Bonchev–Trinajstić information content (AvgIpc) is 2.56. The molecule has 0 fully saturated rings. The van der Waals surface area contributed by atoms with Gasteiger partial charge < -0.3 is 14.9 Å². The van der Waals surface area contributed by atoms with Crippen LogP contribution < -0.4 is 5.32 Å². The highest BCUT2D eigenvalue weighted by Gasteiger charge is 2.18. The normalized spacial score (nSPS) is 13.0. The van der Waals surface area contributed by atoms with Gasteiger partial charge in [0.2, 0.25) is 5.91 Å². The van der Waals surface area contributed by atoms with Crippen LogP contribution in [0.5, 0.6) is 0 Å². The van der Waals surface area contributed by atoms with Crippen LogP contribution in [0.25, 0.3) is 0 Å². The van der Waals surface area contributed by atoms with E-state index in [0.29, 0.717) is 6.42 Å². The number of nitrogens with one attached hydrogen (secondary N) is 1. The molecule has 0 heterocycles. The maximum atomic E-state index is 11.8. The maximum Gasteiger partial charge on any atom is 0.219 e. The quantitative estimate of drug-likeness (QED) is 0.302. The first-order chi connectivity index (χ1) is 11.9. The molecule has 150 valence electrons. The Kier molecular flexibility index (Phi) is 15.2. The number of aliphatic hydroxyl groups excluding tert-OH is 1. The zero-order valence-electron chi connectivity index (χ0n) is 17.5. The molecular formula is C21H45N2O2+. The van der Waals surface area contributed by atoms with Gasteiger partial charge in [0.25, 0.3) is 0 Å². The topological polar surface area (TPSA) is 49.3 Å². The number of quaternary nitrogens is 1. The van der Waals surface area contributed by atoms with Crippen molar-refractivity contribution in [3.8, 4) is 0 Å². The molecule has 0 saturated carbocycles. The molecule has 0 aromatic rings. The second-order valence-corrected chi connectivity index (χ2v) is 8.19. The largest absolute Gasteiger partial charge is 0.387 e. The monoisotopic (exact) mass is 357 g/mol. The fraction of sp³-hybridized carbons (Fsp3) is 0.952. The number of hydrogen-bond donors (Lipinski definition) is 2. The molecule has 0 aromatic carbocycles. The lowest BCUT2D eigenvalue weighted by Gasteiger charge is -2.31. The Morgan fingerprint density at radius 1 is 0.920 bits per heavy atom. The van der Waals surface area contributed by atoms with Crippen molar-refractivity contribution in [2.75, 3.05) is 33.7 Å². The molecule has 4 nitrogen and oxygen atoms in total. The van der Waals surface area contributed by atoms with E-state index in [0.717, 1.165) is 43.4 Å². The van der Waals surface area contributed by atoms with Gasteiger partial charge >= 0.3 is 0 Å². The second-order valence-electron chi connectivity index (χ2n) is 8.19. The Morgan fingerprint density at radius 2 is 1.48 bits per heavy atom. The lowest BCUT2D eigenvalue weighted by atomic mass is 10.1. The standard InChI is InChI=1S/C21H44N2O2/c1-5-7-8-9-10-11-12-13-14-16-21(25)22-17-15-18-23(3,4)19-20(24)6-2/h20,24H,5-19H2,1-4H3/p+1. The fourth-order valence-corrected chi connectivity index (χ4v) is 3.21. The number of carbonyl (C=O) groups excluding carboxylic acids is 1. The smallest absolute Gasteiger partial charge is 0.219 e. The summed E-state index contributed by atoms with van der Waals surface area (Å²) >= 11 is 0. The van der Waals surface area contributed by atoms with Crippen LogP contribution in [-0.2, 0) is 4.79 Å². The molecule has 0 aliphatic rings. The lowest BCUT2D eigenvalue weighted by molar-refractivity contribution is -0.893. The van der Waals surface area contributed by atoms with Crippen molar-refractivity contribution in [3.05, 3.63) is 0 Å². The van der Waals surface area contributed by atoms with Crippen LogP contribution in [0.2, 0.25) is 0 Å². The number of amides is 1. The summed E-state index contributed by atoms with van der Waals surface area (Å²) in [6, 6.07) is 0. The van der Waals surface area contributed by atoms with Crippen LogP contribution in [0, 0.1) is 0 Å². The number of nitrogens with zero attached hydrogens (tertiary/aromatic N) is 1. The Bertz CT molecular complexity index is 319. The van der Waals surface area contributed by atoms with Gasteiger partial charge in [0, 0.05) is 19.4 Å². The van der Waals surface area contributed by atoms with E-state index >= 15 is 0 Å². The number of carbonyl (C=O) groups is 1. The van der Waals surface area contributed by atoms with Crippen molar-refractivity contribution >= 4 is 5.91 Å². The third-order valence-corrected chi connectivity index (χ3v) is 4.95. The summed E-state index contributed by atoms with van der Waals surface area (Å²) in [7, 11) is 4.28. The molecule has 0 aliphatic carbocycles. The van der Waals surface area contributed by atoms with Gasteiger partial charge in [0.15, 0.2) is 0 Å². The van der Waals surface area contributed by atoms with E-state index < -0.39 is 0 Å². The van der Waals surface area contributed by atoms with Crippen LogP contribution in [0.3, 0.4) is 0 Å². The van der Waals surface area contributed by atoms with Gasteiger partial charge in [-0.2, -0.15) is 0 Å². The number of likely N-dealkylation sites (N-methyl/N-ethyl adjacent to an activating group) is 1. The van der Waals surface area contributed by atoms with Gasteiger partial charge in [0.1, 0.15) is 12.6 Å². The summed E-state index contributed by atoms with van der Waals surface area (Å²) in [4.78, 5) is 11.8. The second kappa shape index (κ2) is 15.6. The zero-order valence-corrected chi connectivity index (χ0v) is 17.5. The Morgan fingerprint density at radius 3 is 2.04 bits per heavy atom. The van der Waals surface area contributed by atoms with E-state index in [1.165, 1.54) is 51.4 Å². The molecule has 1 atom stereocenters. The SMILES string of the molecule is CCCCCCCCCCCC(=O)NCCC[N+](C)(C)CC(O)CC. The predicted molar refractivity (Wildman–Crippen MR) is 108 cm³/mol. The number of aliphatic hydroxyl groups is 1. The minimum Gasteiger partial charge on any atom is -0.387 e. The number of unbranched alkanes of at least 4 members (excludes halogenated alkanes) is 8. The van der Waals surface area contributed by atoms with Crippen molar-refractivity contribution < 1.29 is 14.4 Å². The Hall–Kier alpha value is -0.610. The van der Waals surface area contributed by atoms with E-state index in [1.54, 1.807) is 0 Å². The molecule has 0 saturated heterocycles. The molecule has 0 aliphatic heterocycles. The van der Waals surface area contributed by atoms with Gasteiger partial charge in [-0.1, -0.05) is 65.2 Å².